The lowest BCUT2D eigenvalue weighted by atomic mass is 10.3. The van der Waals surface area contributed by atoms with Crippen molar-refractivity contribution in [2.24, 2.45) is 0 Å². The van der Waals surface area contributed by atoms with E-state index >= 15 is 0 Å². The van der Waals surface area contributed by atoms with Crippen LogP contribution in [-0.4, -0.2) is 4.57 Å². The number of hydrogen-bond acceptors (Lipinski definition) is 0. The molecule has 0 atom stereocenters. The lowest BCUT2D eigenvalue weighted by Gasteiger charge is -1.99. The van der Waals surface area contributed by atoms with E-state index in [4.69, 9.17) is 0 Å². The molecule has 0 fully saturated rings. The second kappa shape index (κ2) is 7.04. The van der Waals surface area contributed by atoms with Crippen LogP contribution in [0.2, 0.25) is 0 Å². The minimum absolute atomic E-state index is 1.03. The van der Waals surface area contributed by atoms with E-state index in [-0.39, 0.29) is 0 Å². The molecule has 0 bridgehead atoms. The van der Waals surface area contributed by atoms with Crippen LogP contribution in [0.15, 0.2) is 37.7 Å². The fourth-order valence-electron chi connectivity index (χ4n) is 1.45. The highest BCUT2D eigenvalue weighted by Gasteiger charge is 1.95. The third-order valence-electron chi connectivity index (χ3n) is 2.30. The van der Waals surface area contributed by atoms with E-state index in [1.807, 2.05) is 12.2 Å². The fourth-order valence-corrected chi connectivity index (χ4v) is 1.45. The molecule has 2 nitrogen and oxygen atoms in total. The molecule has 0 aliphatic carbocycles. The van der Waals surface area contributed by atoms with Crippen LogP contribution in [-0.2, 0) is 13.1 Å². The number of imidazole rings is 1. The molecule has 0 unspecified atom stereocenters. The van der Waals surface area contributed by atoms with Gasteiger partial charge in [-0.05, 0) is 38.1 Å². The van der Waals surface area contributed by atoms with Gasteiger partial charge >= 0.3 is 0 Å². The summed E-state index contributed by atoms with van der Waals surface area (Å²) < 4.78 is 4.22. The van der Waals surface area contributed by atoms with Crippen LogP contribution >= 0.6 is 0 Å². The maximum absolute atomic E-state index is 3.71. The zero-order valence-electron chi connectivity index (χ0n) is 9.36. The van der Waals surface area contributed by atoms with Gasteiger partial charge in [0, 0.05) is 0 Å². The molecule has 1 heterocycles. The van der Waals surface area contributed by atoms with E-state index in [0.29, 0.717) is 0 Å². The predicted molar refractivity (Wildman–Crippen MR) is 62.3 cm³/mol. The van der Waals surface area contributed by atoms with E-state index in [1.54, 1.807) is 0 Å². The van der Waals surface area contributed by atoms with Crippen molar-refractivity contribution < 1.29 is 4.57 Å². The third kappa shape index (κ3) is 4.63. The lowest BCUT2D eigenvalue weighted by Crippen LogP contribution is -2.31. The van der Waals surface area contributed by atoms with Crippen LogP contribution in [0.25, 0.3) is 0 Å². The highest BCUT2D eigenvalue weighted by molar-refractivity contribution is 4.69. The maximum atomic E-state index is 3.71. The van der Waals surface area contributed by atoms with Crippen molar-refractivity contribution in [1.29, 1.82) is 0 Å². The molecular weight excluding hydrogens is 184 g/mol. The van der Waals surface area contributed by atoms with Crippen LogP contribution in [0.4, 0.5) is 0 Å². The number of allylic oxidation sites excluding steroid dienone is 2. The predicted octanol–water partition coefficient (Wildman–Crippen LogP) is 2.51. The summed E-state index contributed by atoms with van der Waals surface area (Å²) in [6, 6.07) is 0. The van der Waals surface area contributed by atoms with E-state index in [9.17, 15) is 0 Å². The van der Waals surface area contributed by atoms with Crippen LogP contribution in [0.5, 0.6) is 0 Å². The summed E-state index contributed by atoms with van der Waals surface area (Å²) in [5.41, 5.74) is 0. The van der Waals surface area contributed by atoms with Crippen LogP contribution in [0.1, 0.15) is 25.7 Å². The molecule has 0 aliphatic heterocycles. The SMILES string of the molecule is C=CCCCn1[c-][n+](CCCC=C)cc1. The van der Waals surface area contributed by atoms with Gasteiger partial charge in [0.15, 0.2) is 0 Å². The molecule has 0 saturated carbocycles. The Bertz CT molecular complexity index is 271. The fraction of sp³-hybridized carbons (Fsp3) is 0.462. The number of nitrogens with zero attached hydrogens (tertiary/aromatic N) is 2. The molecule has 0 amide bonds. The van der Waals surface area contributed by atoms with Crippen molar-refractivity contribution in [1.82, 2.24) is 4.57 Å². The van der Waals surface area contributed by atoms with Crippen molar-refractivity contribution in [3.63, 3.8) is 0 Å². The Morgan fingerprint density at radius 1 is 1.20 bits per heavy atom. The average Bonchev–Trinajstić information content (AvgIpc) is 2.67. The standard InChI is InChI=1S/C13H20N2/c1-3-5-7-9-14-11-12-15(13-14)10-8-6-4-2/h3-4,11-12H,1-2,5-10H2. The molecule has 2 heteroatoms. The second-order valence-electron chi connectivity index (χ2n) is 3.65. The third-order valence-corrected chi connectivity index (χ3v) is 2.30. The van der Waals surface area contributed by atoms with Gasteiger partial charge in [-0.15, -0.1) is 13.2 Å². The molecule has 1 aromatic heterocycles. The van der Waals surface area contributed by atoms with Crippen LogP contribution in [0, 0.1) is 6.33 Å². The van der Waals surface area contributed by atoms with Gasteiger partial charge in [0.25, 0.3) is 0 Å². The summed E-state index contributed by atoms with van der Waals surface area (Å²) in [6.07, 6.45) is 15.8. The highest BCUT2D eigenvalue weighted by Crippen LogP contribution is 1.95. The zero-order chi connectivity index (χ0) is 10.9. The van der Waals surface area contributed by atoms with Gasteiger partial charge in [0.05, 0.1) is 13.1 Å². The average molecular weight is 204 g/mol. The summed E-state index contributed by atoms with van der Waals surface area (Å²) in [4.78, 5) is 0. The first kappa shape index (κ1) is 11.8. The van der Waals surface area contributed by atoms with Crippen molar-refractivity contribution in [3.05, 3.63) is 44.0 Å². The molecule has 0 saturated heterocycles. The molecule has 0 aliphatic rings. The minimum Gasteiger partial charge on any atom is -0.351 e. The maximum Gasteiger partial charge on any atom is 0.203 e. The molecule has 15 heavy (non-hydrogen) atoms. The minimum atomic E-state index is 1.03. The molecule has 0 radical (unpaired) electrons. The number of rotatable bonds is 8. The Kier molecular flexibility index (Phi) is 5.52. The van der Waals surface area contributed by atoms with Gasteiger partial charge in [-0.3, -0.25) is 0 Å². The Morgan fingerprint density at radius 2 is 1.93 bits per heavy atom. The number of aromatic nitrogens is 2. The number of aryl methyl sites for hydroxylation is 2. The molecule has 1 aromatic rings. The summed E-state index contributed by atoms with van der Waals surface area (Å²) in [5.74, 6) is 0. The van der Waals surface area contributed by atoms with Gasteiger partial charge in [-0.25, -0.2) is 0 Å². The lowest BCUT2D eigenvalue weighted by molar-refractivity contribution is -0.700. The van der Waals surface area contributed by atoms with Crippen molar-refractivity contribution >= 4 is 0 Å². The van der Waals surface area contributed by atoms with E-state index in [1.165, 1.54) is 0 Å². The van der Waals surface area contributed by atoms with Crippen LogP contribution < -0.4 is 4.57 Å². The zero-order valence-corrected chi connectivity index (χ0v) is 9.36. The second-order valence-corrected chi connectivity index (χ2v) is 3.65. The Labute approximate surface area is 92.6 Å². The highest BCUT2D eigenvalue weighted by atomic mass is 15.1. The first-order valence-electron chi connectivity index (χ1n) is 5.56. The molecule has 0 spiro atoms. The van der Waals surface area contributed by atoms with E-state index in [0.717, 1.165) is 38.8 Å². The molecular formula is C13H20N2. The monoisotopic (exact) mass is 204 g/mol. The number of unbranched alkanes of at least 4 members (excludes halogenated alkanes) is 2. The van der Waals surface area contributed by atoms with Gasteiger partial charge in [-0.1, -0.05) is 12.2 Å². The van der Waals surface area contributed by atoms with Crippen molar-refractivity contribution in [3.8, 4) is 0 Å². The largest absolute Gasteiger partial charge is 0.351 e. The van der Waals surface area contributed by atoms with E-state index in [2.05, 4.69) is 41.0 Å². The Balaban J connectivity index is 2.28. The summed E-state index contributed by atoms with van der Waals surface area (Å²) in [6.45, 7) is 9.48. The summed E-state index contributed by atoms with van der Waals surface area (Å²) in [7, 11) is 0. The van der Waals surface area contributed by atoms with Crippen LogP contribution in [0.3, 0.4) is 0 Å². The van der Waals surface area contributed by atoms with Crippen molar-refractivity contribution in [2.75, 3.05) is 0 Å². The first-order valence-corrected chi connectivity index (χ1v) is 5.56. The quantitative estimate of drug-likeness (QED) is 0.266. The summed E-state index contributed by atoms with van der Waals surface area (Å²) >= 11 is 0. The number of hydrogen-bond donors (Lipinski definition) is 0. The normalized spacial score (nSPS) is 10.1. The van der Waals surface area contributed by atoms with E-state index < -0.39 is 0 Å². The first-order chi connectivity index (χ1) is 7.36. The molecule has 1 rings (SSSR count). The Hall–Kier alpha value is -1.31. The Morgan fingerprint density at radius 3 is 2.67 bits per heavy atom. The molecule has 0 N–H and O–H groups in total. The van der Waals surface area contributed by atoms with Crippen molar-refractivity contribution in [2.45, 2.75) is 38.8 Å². The van der Waals surface area contributed by atoms with Gasteiger partial charge < -0.3 is 9.13 Å². The smallest absolute Gasteiger partial charge is 0.203 e. The summed E-state index contributed by atoms with van der Waals surface area (Å²) in [5, 5.41) is 0. The molecule has 82 valence electrons. The molecule has 0 aromatic carbocycles. The topological polar surface area (TPSA) is 8.81 Å². The van der Waals surface area contributed by atoms with Gasteiger partial charge in [-0.2, -0.15) is 0 Å². The van der Waals surface area contributed by atoms with Gasteiger partial charge in [0.2, 0.25) is 6.33 Å². The van der Waals surface area contributed by atoms with Gasteiger partial charge in [0.1, 0.15) is 0 Å².